The molecule has 1 aliphatic heterocycles. The minimum absolute atomic E-state index is 0.191. The minimum atomic E-state index is -0.191. The molecule has 0 radical (unpaired) electrons. The fourth-order valence-electron chi connectivity index (χ4n) is 1.99. The molecule has 1 aliphatic rings. The van der Waals surface area contributed by atoms with E-state index < -0.39 is 0 Å². The SMILES string of the molecule is O=C1/C(=C/c2ccccn2)NC(=S)N1c1cccc(Br)c1. The van der Waals surface area contributed by atoms with Crippen LogP contribution in [0, 0.1) is 0 Å². The number of anilines is 1. The summed E-state index contributed by atoms with van der Waals surface area (Å²) in [5.41, 5.74) is 1.84. The molecule has 0 spiro atoms. The highest BCUT2D eigenvalue weighted by molar-refractivity contribution is 9.10. The Labute approximate surface area is 135 Å². The number of carbonyl (C=O) groups is 1. The third-order valence-electron chi connectivity index (χ3n) is 2.92. The van der Waals surface area contributed by atoms with Gasteiger partial charge < -0.3 is 5.32 Å². The molecule has 2 aromatic rings. The van der Waals surface area contributed by atoms with Crippen molar-refractivity contribution in [1.82, 2.24) is 10.3 Å². The fourth-order valence-corrected chi connectivity index (χ4v) is 2.68. The summed E-state index contributed by atoms with van der Waals surface area (Å²) in [6.45, 7) is 0. The normalized spacial score (nSPS) is 16.4. The number of halogens is 1. The van der Waals surface area contributed by atoms with Crippen LogP contribution in [0.1, 0.15) is 5.69 Å². The molecule has 0 unspecified atom stereocenters. The van der Waals surface area contributed by atoms with Crippen molar-refractivity contribution in [3.05, 3.63) is 64.5 Å². The van der Waals surface area contributed by atoms with Crippen LogP contribution in [-0.2, 0) is 4.79 Å². The van der Waals surface area contributed by atoms with Gasteiger partial charge in [-0.1, -0.05) is 28.1 Å². The van der Waals surface area contributed by atoms with E-state index in [-0.39, 0.29) is 5.91 Å². The molecule has 1 aromatic heterocycles. The van der Waals surface area contributed by atoms with Gasteiger partial charge in [0.1, 0.15) is 5.70 Å². The number of hydrogen-bond donors (Lipinski definition) is 1. The number of benzene rings is 1. The number of hydrogen-bond acceptors (Lipinski definition) is 3. The van der Waals surface area contributed by atoms with Gasteiger partial charge in [-0.15, -0.1) is 0 Å². The molecule has 0 atom stereocenters. The van der Waals surface area contributed by atoms with Gasteiger partial charge >= 0.3 is 0 Å². The van der Waals surface area contributed by atoms with Gasteiger partial charge in [0.05, 0.1) is 11.4 Å². The Balaban J connectivity index is 1.94. The Morgan fingerprint density at radius 3 is 2.81 bits per heavy atom. The summed E-state index contributed by atoms with van der Waals surface area (Å²) < 4.78 is 0.887. The summed E-state index contributed by atoms with van der Waals surface area (Å²) in [4.78, 5) is 18.1. The summed E-state index contributed by atoms with van der Waals surface area (Å²) >= 11 is 8.65. The molecule has 21 heavy (non-hydrogen) atoms. The molecule has 0 saturated carbocycles. The molecule has 3 rings (SSSR count). The van der Waals surface area contributed by atoms with Crippen LogP contribution in [0.4, 0.5) is 5.69 Å². The van der Waals surface area contributed by atoms with Crippen molar-refractivity contribution in [1.29, 1.82) is 0 Å². The number of carbonyl (C=O) groups excluding carboxylic acids is 1. The van der Waals surface area contributed by atoms with E-state index in [9.17, 15) is 4.79 Å². The van der Waals surface area contributed by atoms with Crippen molar-refractivity contribution < 1.29 is 4.79 Å². The average Bonchev–Trinajstić information content (AvgIpc) is 2.74. The van der Waals surface area contributed by atoms with Crippen LogP contribution < -0.4 is 10.2 Å². The van der Waals surface area contributed by atoms with Crippen molar-refractivity contribution in [2.45, 2.75) is 0 Å². The van der Waals surface area contributed by atoms with Crippen molar-refractivity contribution in [2.75, 3.05) is 4.90 Å². The Bertz CT molecular complexity index is 746. The van der Waals surface area contributed by atoms with Crippen LogP contribution in [0.3, 0.4) is 0 Å². The van der Waals surface area contributed by atoms with E-state index in [0.717, 1.165) is 10.2 Å². The summed E-state index contributed by atoms with van der Waals surface area (Å²) in [6.07, 6.45) is 3.36. The lowest BCUT2D eigenvalue weighted by molar-refractivity contribution is -0.113. The van der Waals surface area contributed by atoms with Crippen LogP contribution >= 0.6 is 28.1 Å². The standard InChI is InChI=1S/C15H10BrN3OS/c16-10-4-3-6-12(8-10)19-14(20)13(18-15(19)21)9-11-5-1-2-7-17-11/h1-9H,(H,18,21)/b13-9-. The molecular formula is C15H10BrN3OS. The number of pyridine rings is 1. The maximum absolute atomic E-state index is 12.5. The molecule has 1 fully saturated rings. The van der Waals surface area contributed by atoms with Crippen LogP contribution in [0.5, 0.6) is 0 Å². The highest BCUT2D eigenvalue weighted by atomic mass is 79.9. The zero-order valence-corrected chi connectivity index (χ0v) is 13.2. The van der Waals surface area contributed by atoms with E-state index in [1.807, 2.05) is 42.5 Å². The molecule has 104 valence electrons. The van der Waals surface area contributed by atoms with Gasteiger partial charge in [0.2, 0.25) is 0 Å². The second kappa shape index (κ2) is 5.75. The molecule has 0 bridgehead atoms. The van der Waals surface area contributed by atoms with Gasteiger partial charge in [-0.05, 0) is 48.6 Å². The van der Waals surface area contributed by atoms with E-state index in [4.69, 9.17) is 12.2 Å². The minimum Gasteiger partial charge on any atom is -0.327 e. The van der Waals surface area contributed by atoms with Gasteiger partial charge in [-0.3, -0.25) is 14.7 Å². The van der Waals surface area contributed by atoms with E-state index in [0.29, 0.717) is 16.5 Å². The summed E-state index contributed by atoms with van der Waals surface area (Å²) in [7, 11) is 0. The number of thiocarbonyl (C=S) groups is 1. The number of aromatic nitrogens is 1. The molecule has 1 saturated heterocycles. The molecule has 6 heteroatoms. The smallest absolute Gasteiger partial charge is 0.281 e. The van der Waals surface area contributed by atoms with Crippen molar-refractivity contribution in [3.8, 4) is 0 Å². The van der Waals surface area contributed by atoms with Gasteiger partial charge in [-0.25, -0.2) is 0 Å². The fraction of sp³-hybridized carbons (Fsp3) is 0. The summed E-state index contributed by atoms with van der Waals surface area (Å²) in [5, 5.41) is 3.30. The van der Waals surface area contributed by atoms with E-state index in [1.165, 1.54) is 4.90 Å². The first-order chi connectivity index (χ1) is 10.1. The molecule has 1 N–H and O–H groups in total. The van der Waals surface area contributed by atoms with Gasteiger partial charge in [0, 0.05) is 10.7 Å². The van der Waals surface area contributed by atoms with Crippen LogP contribution in [0.2, 0.25) is 0 Å². The Morgan fingerprint density at radius 1 is 1.24 bits per heavy atom. The summed E-state index contributed by atoms with van der Waals surface area (Å²) in [5.74, 6) is -0.191. The zero-order chi connectivity index (χ0) is 14.8. The maximum Gasteiger partial charge on any atom is 0.281 e. The van der Waals surface area contributed by atoms with Crippen molar-refractivity contribution in [2.24, 2.45) is 0 Å². The van der Waals surface area contributed by atoms with Gasteiger partial charge in [0.15, 0.2) is 5.11 Å². The lowest BCUT2D eigenvalue weighted by Gasteiger charge is -2.14. The maximum atomic E-state index is 12.5. The second-order valence-corrected chi connectivity index (χ2v) is 5.67. The number of nitrogens with zero attached hydrogens (tertiary/aromatic N) is 2. The number of rotatable bonds is 2. The van der Waals surface area contributed by atoms with E-state index in [1.54, 1.807) is 12.3 Å². The second-order valence-electron chi connectivity index (χ2n) is 4.36. The largest absolute Gasteiger partial charge is 0.327 e. The van der Waals surface area contributed by atoms with Crippen LogP contribution in [0.25, 0.3) is 6.08 Å². The Morgan fingerprint density at radius 2 is 2.10 bits per heavy atom. The van der Waals surface area contributed by atoms with Crippen molar-refractivity contribution in [3.63, 3.8) is 0 Å². The molecule has 2 heterocycles. The first kappa shape index (κ1) is 13.9. The predicted molar refractivity (Wildman–Crippen MR) is 89.6 cm³/mol. The lowest BCUT2D eigenvalue weighted by Crippen LogP contribution is -2.30. The summed E-state index contributed by atoms with van der Waals surface area (Å²) in [6, 6.07) is 12.9. The van der Waals surface area contributed by atoms with E-state index >= 15 is 0 Å². The van der Waals surface area contributed by atoms with Crippen molar-refractivity contribution >= 4 is 50.9 Å². The third kappa shape index (κ3) is 2.86. The first-order valence-electron chi connectivity index (χ1n) is 6.19. The van der Waals surface area contributed by atoms with Crippen LogP contribution in [0.15, 0.2) is 58.8 Å². The third-order valence-corrected chi connectivity index (χ3v) is 3.70. The first-order valence-corrected chi connectivity index (χ1v) is 7.39. The highest BCUT2D eigenvalue weighted by Crippen LogP contribution is 2.25. The van der Waals surface area contributed by atoms with Gasteiger partial charge in [-0.2, -0.15) is 0 Å². The topological polar surface area (TPSA) is 45.2 Å². The molecule has 1 amide bonds. The molecular weight excluding hydrogens is 350 g/mol. The number of amides is 1. The Kier molecular flexibility index (Phi) is 3.81. The Hall–Kier alpha value is -2.05. The molecule has 0 aliphatic carbocycles. The highest BCUT2D eigenvalue weighted by Gasteiger charge is 2.32. The van der Waals surface area contributed by atoms with E-state index in [2.05, 4.69) is 26.2 Å². The average molecular weight is 360 g/mol. The van der Waals surface area contributed by atoms with Crippen LogP contribution in [-0.4, -0.2) is 16.0 Å². The van der Waals surface area contributed by atoms with Gasteiger partial charge in [0.25, 0.3) is 5.91 Å². The predicted octanol–water partition coefficient (Wildman–Crippen LogP) is 3.11. The molecule has 4 nitrogen and oxygen atoms in total. The lowest BCUT2D eigenvalue weighted by atomic mass is 10.2. The monoisotopic (exact) mass is 359 g/mol. The zero-order valence-electron chi connectivity index (χ0n) is 10.8. The number of nitrogens with one attached hydrogen (secondary N) is 1. The molecule has 1 aromatic carbocycles. The quantitative estimate of drug-likeness (QED) is 0.660.